The summed E-state index contributed by atoms with van der Waals surface area (Å²) in [5.41, 5.74) is 1.55. The van der Waals surface area contributed by atoms with Crippen molar-refractivity contribution in [2.24, 2.45) is 0 Å². The van der Waals surface area contributed by atoms with Gasteiger partial charge in [0.25, 0.3) is 0 Å². The van der Waals surface area contributed by atoms with Crippen molar-refractivity contribution in [3.63, 3.8) is 0 Å². The molecule has 0 saturated heterocycles. The van der Waals surface area contributed by atoms with Gasteiger partial charge < -0.3 is 5.32 Å². The van der Waals surface area contributed by atoms with Crippen molar-refractivity contribution in [3.8, 4) is 0 Å². The molecule has 0 fully saturated rings. The highest BCUT2D eigenvalue weighted by molar-refractivity contribution is 7.92. The van der Waals surface area contributed by atoms with Crippen molar-refractivity contribution in [2.45, 2.75) is 6.54 Å². The molecule has 1 N–H and O–H groups in total. The van der Waals surface area contributed by atoms with Gasteiger partial charge in [0.15, 0.2) is 0 Å². The van der Waals surface area contributed by atoms with E-state index in [-0.39, 0.29) is 6.54 Å². The molecule has 8 nitrogen and oxygen atoms in total. The van der Waals surface area contributed by atoms with Crippen LogP contribution in [-0.4, -0.2) is 47.0 Å². The fourth-order valence-corrected chi connectivity index (χ4v) is 3.35. The molecule has 0 radical (unpaired) electrons. The average Bonchev–Trinajstić information content (AvgIpc) is 3.14. The van der Waals surface area contributed by atoms with Gasteiger partial charge in [-0.05, 0) is 23.8 Å². The summed E-state index contributed by atoms with van der Waals surface area (Å²) < 4.78 is 27.3. The number of sulfonamides is 1. The van der Waals surface area contributed by atoms with E-state index in [0.717, 1.165) is 21.0 Å². The maximum Gasteiger partial charge on any atom is 0.240 e. The highest BCUT2D eigenvalue weighted by atomic mass is 32.2. The van der Waals surface area contributed by atoms with E-state index in [1.54, 1.807) is 35.3 Å². The summed E-state index contributed by atoms with van der Waals surface area (Å²) in [4.78, 5) is 16.6. The topological polar surface area (TPSA) is 97.2 Å². The Bertz CT molecular complexity index is 1080. The molecule has 0 spiro atoms. The van der Waals surface area contributed by atoms with E-state index in [1.165, 1.54) is 13.1 Å². The molecule has 0 bridgehead atoms. The van der Waals surface area contributed by atoms with E-state index < -0.39 is 15.9 Å². The van der Waals surface area contributed by atoms with Crippen molar-refractivity contribution in [3.05, 3.63) is 83.7 Å². The summed E-state index contributed by atoms with van der Waals surface area (Å²) in [7, 11) is -2.38. The number of nitrogens with zero attached hydrogens (tertiary/aromatic N) is 4. The smallest absolute Gasteiger partial charge is 0.240 e. The standard InChI is InChI=1S/C20H21N5O3S/c1-24(29(27,28)14-11-17-7-3-2-4-8-17)16-20(26)23-19-10-13-22-25(19)15-18-9-5-6-12-21-18/h2-14H,15-16H2,1H3,(H,23,26). The van der Waals surface area contributed by atoms with Gasteiger partial charge in [-0.3, -0.25) is 9.78 Å². The monoisotopic (exact) mass is 411 g/mol. The number of rotatable bonds is 8. The van der Waals surface area contributed by atoms with Crippen LogP contribution in [0.4, 0.5) is 5.82 Å². The largest absolute Gasteiger partial charge is 0.310 e. The predicted octanol–water partition coefficient (Wildman–Crippen LogP) is 2.20. The third-order valence-electron chi connectivity index (χ3n) is 4.05. The number of aromatic nitrogens is 3. The van der Waals surface area contributed by atoms with Gasteiger partial charge in [0.05, 0.1) is 25.0 Å². The first kappa shape index (κ1) is 20.4. The Morgan fingerprint density at radius 3 is 2.59 bits per heavy atom. The number of carbonyl (C=O) groups excluding carboxylic acids is 1. The second-order valence-corrected chi connectivity index (χ2v) is 8.18. The van der Waals surface area contributed by atoms with Crippen LogP contribution in [0.25, 0.3) is 6.08 Å². The van der Waals surface area contributed by atoms with Crippen LogP contribution < -0.4 is 5.32 Å². The fraction of sp³-hybridized carbons (Fsp3) is 0.150. The normalized spacial score (nSPS) is 11.8. The molecule has 1 aromatic carbocycles. The van der Waals surface area contributed by atoms with Crippen LogP contribution >= 0.6 is 0 Å². The van der Waals surface area contributed by atoms with E-state index >= 15 is 0 Å². The van der Waals surface area contributed by atoms with Gasteiger partial charge in [-0.25, -0.2) is 13.1 Å². The van der Waals surface area contributed by atoms with E-state index in [0.29, 0.717) is 12.4 Å². The lowest BCUT2D eigenvalue weighted by molar-refractivity contribution is -0.116. The van der Waals surface area contributed by atoms with Gasteiger partial charge in [-0.1, -0.05) is 36.4 Å². The number of likely N-dealkylation sites (N-methyl/N-ethyl adjacent to an activating group) is 1. The van der Waals surface area contributed by atoms with E-state index in [2.05, 4.69) is 15.4 Å². The zero-order chi connectivity index (χ0) is 20.7. The molecule has 0 unspecified atom stereocenters. The quantitative estimate of drug-likeness (QED) is 0.613. The van der Waals surface area contributed by atoms with Crippen molar-refractivity contribution in [2.75, 3.05) is 18.9 Å². The molecule has 3 aromatic rings. The summed E-state index contributed by atoms with van der Waals surface area (Å²) in [6.45, 7) is 0.0631. The third kappa shape index (κ3) is 5.84. The molecular formula is C20H21N5O3S. The highest BCUT2D eigenvalue weighted by Crippen LogP contribution is 2.10. The molecule has 1 amide bonds. The van der Waals surface area contributed by atoms with Crippen LogP contribution in [0.2, 0.25) is 0 Å². The molecule has 29 heavy (non-hydrogen) atoms. The predicted molar refractivity (Wildman–Crippen MR) is 111 cm³/mol. The minimum Gasteiger partial charge on any atom is -0.310 e. The first-order valence-corrected chi connectivity index (χ1v) is 10.4. The van der Waals surface area contributed by atoms with Crippen molar-refractivity contribution in [1.29, 1.82) is 0 Å². The van der Waals surface area contributed by atoms with Gasteiger partial charge in [0, 0.05) is 24.7 Å². The third-order valence-corrected chi connectivity index (χ3v) is 5.53. The summed E-state index contributed by atoms with van der Waals surface area (Å²) in [5, 5.41) is 7.95. The molecule has 9 heteroatoms. The second kappa shape index (κ2) is 9.26. The zero-order valence-corrected chi connectivity index (χ0v) is 16.7. The Morgan fingerprint density at radius 1 is 1.10 bits per heavy atom. The minimum atomic E-state index is -3.73. The molecule has 2 aromatic heterocycles. The first-order valence-electron chi connectivity index (χ1n) is 8.85. The summed E-state index contributed by atoms with van der Waals surface area (Å²) in [6.07, 6.45) is 4.73. The summed E-state index contributed by atoms with van der Waals surface area (Å²) in [5.74, 6) is -0.00163. The lowest BCUT2D eigenvalue weighted by Gasteiger charge is -2.15. The lowest BCUT2D eigenvalue weighted by atomic mass is 10.2. The van der Waals surface area contributed by atoms with Gasteiger partial charge in [-0.2, -0.15) is 9.40 Å². The number of anilines is 1. The molecule has 0 aliphatic carbocycles. The Kier molecular flexibility index (Phi) is 6.53. The van der Waals surface area contributed by atoms with Gasteiger partial charge in [-0.15, -0.1) is 0 Å². The molecule has 0 atom stereocenters. The lowest BCUT2D eigenvalue weighted by Crippen LogP contribution is -2.34. The molecule has 0 aliphatic heterocycles. The maximum atomic E-state index is 12.4. The van der Waals surface area contributed by atoms with Crippen LogP contribution in [0.1, 0.15) is 11.3 Å². The molecule has 3 rings (SSSR count). The Labute approximate surface area is 169 Å². The molecule has 0 saturated carbocycles. The van der Waals surface area contributed by atoms with Crippen LogP contribution in [0.3, 0.4) is 0 Å². The number of pyridine rings is 1. The molecule has 0 aliphatic rings. The maximum absolute atomic E-state index is 12.4. The molecular weight excluding hydrogens is 390 g/mol. The Morgan fingerprint density at radius 2 is 1.86 bits per heavy atom. The van der Waals surface area contributed by atoms with Gasteiger partial charge in [0.2, 0.25) is 15.9 Å². The number of hydrogen-bond acceptors (Lipinski definition) is 5. The SMILES string of the molecule is CN(CC(=O)Nc1ccnn1Cc1ccccn1)S(=O)(=O)C=Cc1ccccc1. The Hall–Kier alpha value is -3.30. The number of nitrogens with one attached hydrogen (secondary N) is 1. The molecule has 150 valence electrons. The second-order valence-electron chi connectivity index (χ2n) is 6.26. The summed E-state index contributed by atoms with van der Waals surface area (Å²) in [6, 6.07) is 16.3. The number of benzene rings is 1. The van der Waals surface area contributed by atoms with Gasteiger partial charge in [0.1, 0.15) is 5.82 Å². The fourth-order valence-electron chi connectivity index (χ4n) is 2.52. The Balaban J connectivity index is 1.61. The number of amides is 1. The minimum absolute atomic E-state index is 0.323. The van der Waals surface area contributed by atoms with Crippen molar-refractivity contribution in [1.82, 2.24) is 19.1 Å². The zero-order valence-electron chi connectivity index (χ0n) is 15.8. The van der Waals surface area contributed by atoms with E-state index in [4.69, 9.17) is 0 Å². The summed E-state index contributed by atoms with van der Waals surface area (Å²) >= 11 is 0. The first-order chi connectivity index (χ1) is 13.9. The van der Waals surface area contributed by atoms with Crippen LogP contribution in [-0.2, 0) is 21.4 Å². The average molecular weight is 411 g/mol. The van der Waals surface area contributed by atoms with Crippen LogP contribution in [0, 0.1) is 0 Å². The van der Waals surface area contributed by atoms with Crippen molar-refractivity contribution < 1.29 is 13.2 Å². The number of carbonyl (C=O) groups is 1. The van der Waals surface area contributed by atoms with Crippen molar-refractivity contribution >= 4 is 27.8 Å². The van der Waals surface area contributed by atoms with Gasteiger partial charge >= 0.3 is 0 Å². The van der Waals surface area contributed by atoms with Crippen LogP contribution in [0.15, 0.2) is 72.4 Å². The van der Waals surface area contributed by atoms with E-state index in [9.17, 15) is 13.2 Å². The van der Waals surface area contributed by atoms with E-state index in [1.807, 2.05) is 36.4 Å². The van der Waals surface area contributed by atoms with Crippen LogP contribution in [0.5, 0.6) is 0 Å². The number of hydrogen-bond donors (Lipinski definition) is 1. The molecule has 2 heterocycles. The highest BCUT2D eigenvalue weighted by Gasteiger charge is 2.18.